The second-order valence-corrected chi connectivity index (χ2v) is 7.99. The summed E-state index contributed by atoms with van der Waals surface area (Å²) in [6, 6.07) is 3.31. The van der Waals surface area contributed by atoms with E-state index >= 15 is 0 Å². The third-order valence-corrected chi connectivity index (χ3v) is 5.56. The highest BCUT2D eigenvalue weighted by Gasteiger charge is 2.24. The van der Waals surface area contributed by atoms with E-state index in [1.165, 1.54) is 0 Å². The Kier molecular flexibility index (Phi) is 5.39. The maximum absolute atomic E-state index is 12.9. The molecule has 0 spiro atoms. The van der Waals surface area contributed by atoms with Crippen LogP contribution in [0.5, 0.6) is 5.75 Å². The number of hydrogen-bond donors (Lipinski definition) is 1. The van der Waals surface area contributed by atoms with Gasteiger partial charge in [-0.25, -0.2) is 9.78 Å². The predicted molar refractivity (Wildman–Crippen MR) is 114 cm³/mol. The van der Waals surface area contributed by atoms with Crippen LogP contribution in [0.4, 0.5) is 0 Å². The van der Waals surface area contributed by atoms with Crippen molar-refractivity contribution in [3.05, 3.63) is 68.6 Å². The molecule has 0 saturated carbocycles. The zero-order valence-electron chi connectivity index (χ0n) is 16.9. The number of carbonyl (C=O) groups excluding carboxylic acids is 1. The Balaban J connectivity index is 1.61. The van der Waals surface area contributed by atoms with E-state index in [4.69, 9.17) is 20.8 Å². The highest BCUT2D eigenvalue weighted by molar-refractivity contribution is 6.32. The number of aromatic amines is 1. The van der Waals surface area contributed by atoms with E-state index in [2.05, 4.69) is 16.5 Å². The van der Waals surface area contributed by atoms with E-state index in [-0.39, 0.29) is 12.3 Å². The smallest absolute Gasteiger partial charge is 0.340 e. The van der Waals surface area contributed by atoms with Gasteiger partial charge in [-0.1, -0.05) is 18.2 Å². The van der Waals surface area contributed by atoms with Crippen molar-refractivity contribution in [2.45, 2.75) is 33.2 Å². The third kappa shape index (κ3) is 3.85. The Morgan fingerprint density at radius 2 is 2.23 bits per heavy atom. The Morgan fingerprint density at radius 3 is 3.00 bits per heavy atom. The lowest BCUT2D eigenvalue weighted by molar-refractivity contribution is -0.131. The zero-order valence-corrected chi connectivity index (χ0v) is 17.6. The molecule has 1 aliphatic heterocycles. The number of aromatic nitrogens is 2. The Labute approximate surface area is 178 Å². The Hall–Kier alpha value is -3.06. The minimum Gasteiger partial charge on any atom is -0.488 e. The number of fused-ring (bicyclic) bond motifs is 2. The summed E-state index contributed by atoms with van der Waals surface area (Å²) in [6.45, 7) is 8.79. The molecule has 4 rings (SSSR count). The number of rotatable bonds is 5. The van der Waals surface area contributed by atoms with Crippen LogP contribution in [-0.2, 0) is 24.2 Å². The van der Waals surface area contributed by atoms with Gasteiger partial charge >= 0.3 is 5.63 Å². The van der Waals surface area contributed by atoms with Gasteiger partial charge in [0, 0.05) is 24.4 Å². The monoisotopic (exact) mass is 427 g/mol. The highest BCUT2D eigenvalue weighted by atomic mass is 35.5. The first-order chi connectivity index (χ1) is 14.3. The molecule has 2 aromatic heterocycles. The standard InChI is InChI=1S/C22H22ClN3O4/c1-12(2)10-29-20-8-19-14(6-16(20)23)13(3)15(22(28)30-19)7-21(27)26-5-4-17-18(9-26)25-11-24-17/h6,8,11H,1,4-5,7,9-10H2,2-3H3,(H,24,25). The Bertz CT molecular complexity index is 1210. The molecule has 8 heteroatoms. The molecule has 156 valence electrons. The Morgan fingerprint density at radius 1 is 1.43 bits per heavy atom. The number of H-pyrrole nitrogens is 1. The summed E-state index contributed by atoms with van der Waals surface area (Å²) >= 11 is 6.36. The molecule has 1 aliphatic rings. The minimum atomic E-state index is -0.527. The van der Waals surface area contributed by atoms with Crippen molar-refractivity contribution in [2.24, 2.45) is 0 Å². The van der Waals surface area contributed by atoms with Crippen molar-refractivity contribution in [1.29, 1.82) is 0 Å². The normalized spacial score (nSPS) is 13.4. The molecule has 3 heterocycles. The van der Waals surface area contributed by atoms with Gasteiger partial charge in [0.05, 0.1) is 41.3 Å². The number of amides is 1. The number of nitrogens with one attached hydrogen (secondary N) is 1. The van der Waals surface area contributed by atoms with E-state index in [0.717, 1.165) is 17.0 Å². The molecule has 0 atom stereocenters. The van der Waals surface area contributed by atoms with Crippen LogP contribution < -0.4 is 10.4 Å². The largest absolute Gasteiger partial charge is 0.488 e. The fourth-order valence-corrected chi connectivity index (χ4v) is 3.81. The first-order valence-corrected chi connectivity index (χ1v) is 10.0. The van der Waals surface area contributed by atoms with E-state index < -0.39 is 5.63 Å². The summed E-state index contributed by atoms with van der Waals surface area (Å²) < 4.78 is 11.1. The lowest BCUT2D eigenvalue weighted by Gasteiger charge is -2.26. The van der Waals surface area contributed by atoms with E-state index in [0.29, 0.717) is 59.0 Å². The van der Waals surface area contributed by atoms with Crippen LogP contribution in [0.3, 0.4) is 0 Å². The quantitative estimate of drug-likeness (QED) is 0.496. The first kappa shape index (κ1) is 20.2. The van der Waals surface area contributed by atoms with Crippen molar-refractivity contribution in [1.82, 2.24) is 14.9 Å². The van der Waals surface area contributed by atoms with Crippen LogP contribution in [0, 0.1) is 6.92 Å². The molecule has 0 bridgehead atoms. The van der Waals surface area contributed by atoms with Crippen molar-refractivity contribution >= 4 is 28.5 Å². The molecule has 0 saturated heterocycles. The number of nitrogens with zero attached hydrogens (tertiary/aromatic N) is 2. The zero-order chi connectivity index (χ0) is 21.4. The van der Waals surface area contributed by atoms with E-state index in [1.54, 1.807) is 30.3 Å². The van der Waals surface area contributed by atoms with Gasteiger partial charge in [0.1, 0.15) is 17.9 Å². The molecule has 3 aromatic rings. The number of ether oxygens (including phenoxy) is 1. The van der Waals surface area contributed by atoms with Crippen LogP contribution in [0.2, 0.25) is 5.02 Å². The average molecular weight is 428 g/mol. The first-order valence-electron chi connectivity index (χ1n) is 9.65. The van der Waals surface area contributed by atoms with Crippen LogP contribution in [0.25, 0.3) is 11.0 Å². The fourth-order valence-electron chi connectivity index (χ4n) is 3.59. The topological polar surface area (TPSA) is 88.4 Å². The van der Waals surface area contributed by atoms with Gasteiger partial charge < -0.3 is 19.0 Å². The van der Waals surface area contributed by atoms with Crippen LogP contribution >= 0.6 is 11.6 Å². The molecule has 1 aromatic carbocycles. The highest BCUT2D eigenvalue weighted by Crippen LogP contribution is 2.32. The van der Waals surface area contributed by atoms with E-state index in [9.17, 15) is 9.59 Å². The molecule has 1 N–H and O–H groups in total. The molecule has 0 aliphatic carbocycles. The molecule has 0 unspecified atom stereocenters. The van der Waals surface area contributed by atoms with Crippen molar-refractivity contribution < 1.29 is 13.9 Å². The van der Waals surface area contributed by atoms with Crippen molar-refractivity contribution in [3.63, 3.8) is 0 Å². The molecule has 0 fully saturated rings. The maximum Gasteiger partial charge on any atom is 0.340 e. The number of hydrogen-bond acceptors (Lipinski definition) is 5. The van der Waals surface area contributed by atoms with Gasteiger partial charge in [0.15, 0.2) is 0 Å². The predicted octanol–water partition coefficient (Wildman–Crippen LogP) is 3.56. The second-order valence-electron chi connectivity index (χ2n) is 7.59. The SMILES string of the molecule is C=C(C)COc1cc2oc(=O)c(CC(=O)N3CCc4nc[nH]c4C3)c(C)c2cc1Cl. The minimum absolute atomic E-state index is 0.0287. The molecular formula is C22H22ClN3O4. The van der Waals surface area contributed by atoms with Crippen LogP contribution in [0.1, 0.15) is 29.4 Å². The van der Waals surface area contributed by atoms with Gasteiger partial charge in [-0.2, -0.15) is 0 Å². The lowest BCUT2D eigenvalue weighted by atomic mass is 10.0. The molecule has 30 heavy (non-hydrogen) atoms. The summed E-state index contributed by atoms with van der Waals surface area (Å²) in [5.41, 5.74) is 3.63. The van der Waals surface area contributed by atoms with Crippen molar-refractivity contribution in [3.8, 4) is 5.75 Å². The number of aryl methyl sites for hydroxylation is 1. The van der Waals surface area contributed by atoms with Gasteiger partial charge in [-0.05, 0) is 31.1 Å². The summed E-state index contributed by atoms with van der Waals surface area (Å²) in [6.07, 6.45) is 2.30. The summed E-state index contributed by atoms with van der Waals surface area (Å²) in [4.78, 5) is 34.6. The fraction of sp³-hybridized carbons (Fsp3) is 0.318. The number of benzene rings is 1. The lowest BCUT2D eigenvalue weighted by Crippen LogP contribution is -2.37. The maximum atomic E-state index is 12.9. The second kappa shape index (κ2) is 7.99. The molecule has 0 radical (unpaired) electrons. The van der Waals surface area contributed by atoms with Gasteiger partial charge in [-0.3, -0.25) is 4.79 Å². The molecule has 1 amide bonds. The molecule has 7 nitrogen and oxygen atoms in total. The van der Waals surface area contributed by atoms with Gasteiger partial charge in [0.2, 0.25) is 5.91 Å². The van der Waals surface area contributed by atoms with E-state index in [1.807, 2.05) is 6.92 Å². The summed E-state index contributed by atoms with van der Waals surface area (Å²) in [7, 11) is 0. The van der Waals surface area contributed by atoms with Crippen LogP contribution in [0.15, 0.2) is 39.8 Å². The number of halogens is 1. The third-order valence-electron chi connectivity index (χ3n) is 5.27. The average Bonchev–Trinajstić information content (AvgIpc) is 3.18. The van der Waals surface area contributed by atoms with Crippen molar-refractivity contribution in [2.75, 3.05) is 13.2 Å². The van der Waals surface area contributed by atoms with Gasteiger partial charge in [-0.15, -0.1) is 0 Å². The summed E-state index contributed by atoms with van der Waals surface area (Å²) in [5.74, 6) is 0.291. The molecular weight excluding hydrogens is 406 g/mol. The van der Waals surface area contributed by atoms with Crippen LogP contribution in [-0.4, -0.2) is 33.9 Å². The number of carbonyl (C=O) groups is 1. The summed E-state index contributed by atoms with van der Waals surface area (Å²) in [5, 5.41) is 1.08. The number of imidazole rings is 1. The van der Waals surface area contributed by atoms with Gasteiger partial charge in [0.25, 0.3) is 0 Å².